The Kier molecular flexibility index (Phi) is 10.2. The third kappa shape index (κ3) is 6.51. The molecule has 4 rings (SSSR count). The minimum Gasteiger partial charge on any atom is -0.491 e. The van der Waals surface area contributed by atoms with E-state index in [1.807, 2.05) is 23.7 Å². The molecular weight excluding hydrogens is 464 g/mol. The fraction of sp³-hybridized carbons (Fsp3) is 0.519. The lowest BCUT2D eigenvalue weighted by Gasteiger charge is -2.30. The van der Waals surface area contributed by atoms with Crippen molar-refractivity contribution in [2.75, 3.05) is 38.0 Å². The van der Waals surface area contributed by atoms with Gasteiger partial charge in [0.05, 0.1) is 20.9 Å². The largest absolute Gasteiger partial charge is 0.491 e. The summed E-state index contributed by atoms with van der Waals surface area (Å²) in [6, 6.07) is 15.7. The number of ether oxygens (including phenoxy) is 1. The van der Waals surface area contributed by atoms with Gasteiger partial charge in [0.2, 0.25) is 0 Å². The minimum absolute atomic E-state index is 0.258. The predicted molar refractivity (Wildman–Crippen MR) is 145 cm³/mol. The molecule has 0 aromatic heterocycles. The molecule has 0 bridgehead atoms. The molecule has 7 heteroatoms. The molecule has 5 nitrogen and oxygen atoms in total. The number of anilines is 2. The summed E-state index contributed by atoms with van der Waals surface area (Å²) in [4.78, 5) is 16.3. The van der Waals surface area contributed by atoms with Crippen molar-refractivity contribution >= 4 is 41.4 Å². The van der Waals surface area contributed by atoms with Gasteiger partial charge < -0.3 is 19.5 Å². The van der Waals surface area contributed by atoms with E-state index in [1.165, 1.54) is 35.5 Å². The molecule has 2 aromatic rings. The van der Waals surface area contributed by atoms with E-state index in [2.05, 4.69) is 72.6 Å². The van der Waals surface area contributed by atoms with E-state index in [0.29, 0.717) is 12.6 Å². The molecule has 0 amide bonds. The average Bonchev–Trinajstić information content (AvgIpc) is 3.67. The summed E-state index contributed by atoms with van der Waals surface area (Å²) in [7, 11) is 3.21. The smallest absolute Gasteiger partial charge is 0.134 e. The third-order valence-corrected chi connectivity index (χ3v) is 8.41. The quantitative estimate of drug-likeness (QED) is 0.229. The topological polar surface area (TPSA) is 53.0 Å². The highest BCUT2D eigenvalue weighted by Crippen LogP contribution is 2.48. The minimum atomic E-state index is -0.258. The molecule has 1 aliphatic heterocycles. The van der Waals surface area contributed by atoms with Crippen LogP contribution in [0.15, 0.2) is 52.3 Å². The first-order valence-electron chi connectivity index (χ1n) is 12.2. The van der Waals surface area contributed by atoms with Gasteiger partial charge in [0.1, 0.15) is 18.6 Å². The van der Waals surface area contributed by atoms with Gasteiger partial charge in [0.25, 0.3) is 0 Å². The first-order valence-corrected chi connectivity index (χ1v) is 13.9. The molecule has 1 unspecified atom stereocenters. The van der Waals surface area contributed by atoms with E-state index in [9.17, 15) is 4.79 Å². The van der Waals surface area contributed by atoms with E-state index < -0.39 is 0 Å². The van der Waals surface area contributed by atoms with Gasteiger partial charge in [-0.25, -0.2) is 4.31 Å². The highest BCUT2D eigenvalue weighted by molar-refractivity contribution is 7.99. The summed E-state index contributed by atoms with van der Waals surface area (Å²) >= 11 is 3.63. The summed E-state index contributed by atoms with van der Waals surface area (Å²) < 4.78 is 8.70. The average molecular weight is 503 g/mol. The van der Waals surface area contributed by atoms with Gasteiger partial charge in [-0.15, -0.1) is 11.8 Å². The lowest BCUT2D eigenvalue weighted by Crippen LogP contribution is -2.35. The Morgan fingerprint density at radius 3 is 2.56 bits per heavy atom. The van der Waals surface area contributed by atoms with E-state index in [-0.39, 0.29) is 5.41 Å². The van der Waals surface area contributed by atoms with Gasteiger partial charge >= 0.3 is 0 Å². The Labute approximate surface area is 213 Å². The lowest BCUT2D eigenvalue weighted by molar-refractivity contribution is -0.113. The fourth-order valence-electron chi connectivity index (χ4n) is 4.09. The molecule has 0 spiro atoms. The number of carbonyl (C=O) groups is 1. The van der Waals surface area contributed by atoms with Crippen LogP contribution in [0.2, 0.25) is 0 Å². The SMILES string of the molecule is CCCCC1CN(c2ccccc2)c2cc(SCC)c(OCC3(C=O)CC3)cc2SN1C.CO. The van der Waals surface area contributed by atoms with Crippen molar-refractivity contribution in [2.45, 2.75) is 61.8 Å². The number of thioether (sulfide) groups is 1. The van der Waals surface area contributed by atoms with Crippen molar-refractivity contribution in [3.05, 3.63) is 42.5 Å². The number of nitrogens with zero attached hydrogens (tertiary/aromatic N) is 2. The van der Waals surface area contributed by atoms with Crippen LogP contribution in [-0.2, 0) is 4.79 Å². The number of rotatable bonds is 10. The number of likely N-dealkylation sites (N-methyl/N-ethyl adjacent to an activating group) is 1. The second-order valence-corrected chi connectivity index (χ2v) is 11.4. The summed E-state index contributed by atoms with van der Waals surface area (Å²) in [6.07, 6.45) is 6.58. The summed E-state index contributed by atoms with van der Waals surface area (Å²) in [5.74, 6) is 1.88. The van der Waals surface area contributed by atoms with Gasteiger partial charge in [-0.1, -0.05) is 44.9 Å². The van der Waals surface area contributed by atoms with Crippen LogP contribution in [0.4, 0.5) is 11.4 Å². The van der Waals surface area contributed by atoms with Gasteiger partial charge in [-0.2, -0.15) is 0 Å². The van der Waals surface area contributed by atoms with E-state index >= 15 is 0 Å². The maximum absolute atomic E-state index is 11.5. The molecule has 186 valence electrons. The van der Waals surface area contributed by atoms with Crippen LogP contribution in [0.5, 0.6) is 5.75 Å². The molecule has 1 saturated carbocycles. The van der Waals surface area contributed by atoms with Crippen molar-refractivity contribution in [3.8, 4) is 5.75 Å². The summed E-state index contributed by atoms with van der Waals surface area (Å²) in [5.41, 5.74) is 2.21. The second kappa shape index (κ2) is 12.9. The molecule has 0 radical (unpaired) electrons. The number of hydrogen-bond acceptors (Lipinski definition) is 7. The number of aliphatic hydroxyl groups excluding tert-OH is 1. The number of aldehydes is 1. The van der Waals surface area contributed by atoms with Crippen molar-refractivity contribution in [2.24, 2.45) is 5.41 Å². The molecule has 2 aliphatic rings. The second-order valence-electron chi connectivity index (χ2n) is 8.85. The number of carbonyl (C=O) groups excluding carboxylic acids is 1. The molecule has 1 aliphatic carbocycles. The highest BCUT2D eigenvalue weighted by atomic mass is 32.2. The van der Waals surface area contributed by atoms with Crippen molar-refractivity contribution in [1.82, 2.24) is 4.31 Å². The summed E-state index contributed by atoms with van der Waals surface area (Å²) in [5, 5.41) is 7.00. The number of fused-ring (bicyclic) bond motifs is 1. The predicted octanol–water partition coefficient (Wildman–Crippen LogP) is 6.41. The Hall–Kier alpha value is -1.67. The van der Waals surface area contributed by atoms with E-state index in [0.717, 1.165) is 49.2 Å². The molecular formula is C27H38N2O3S2. The van der Waals surface area contributed by atoms with Crippen LogP contribution in [0, 0.1) is 5.41 Å². The van der Waals surface area contributed by atoms with Crippen LogP contribution >= 0.6 is 23.7 Å². The first-order chi connectivity index (χ1) is 16.6. The number of unbranched alkanes of at least 4 members (excludes halogenated alkanes) is 1. The fourth-order valence-corrected chi connectivity index (χ4v) is 5.91. The van der Waals surface area contributed by atoms with E-state index in [1.54, 1.807) is 0 Å². The Morgan fingerprint density at radius 1 is 1.21 bits per heavy atom. The Balaban J connectivity index is 0.00000158. The monoisotopic (exact) mass is 502 g/mol. The van der Waals surface area contributed by atoms with Crippen molar-refractivity contribution in [1.29, 1.82) is 0 Å². The maximum Gasteiger partial charge on any atom is 0.134 e. The van der Waals surface area contributed by atoms with Gasteiger partial charge in [-0.3, -0.25) is 0 Å². The van der Waals surface area contributed by atoms with Gasteiger partial charge in [-0.05, 0) is 68.3 Å². The molecule has 1 heterocycles. The maximum atomic E-state index is 11.5. The third-order valence-electron chi connectivity index (χ3n) is 6.38. The first kappa shape index (κ1) is 26.9. The normalized spacial score (nSPS) is 18.9. The number of aliphatic hydroxyl groups is 1. The molecule has 1 atom stereocenters. The van der Waals surface area contributed by atoms with Crippen LogP contribution < -0.4 is 9.64 Å². The zero-order valence-electron chi connectivity index (χ0n) is 20.8. The molecule has 0 saturated heterocycles. The molecule has 34 heavy (non-hydrogen) atoms. The van der Waals surface area contributed by atoms with Crippen LogP contribution in [0.25, 0.3) is 0 Å². The van der Waals surface area contributed by atoms with Crippen LogP contribution in [0.1, 0.15) is 46.0 Å². The zero-order valence-corrected chi connectivity index (χ0v) is 22.5. The van der Waals surface area contributed by atoms with Crippen molar-refractivity contribution in [3.63, 3.8) is 0 Å². The standard InChI is InChI=1S/C26H34N2O2S2.CH4O/c1-4-6-10-21-17-28(20-11-8-7-9-12-20)22-15-25(31-5-2)23(16-24(22)32-27(21)3)30-19-26(18-29)13-14-26;1-2/h7-9,11-12,15-16,18,21H,4-6,10,13-14,17,19H2,1-3H3;2H,1H3. The number of hydrogen-bond donors (Lipinski definition) is 1. The van der Waals surface area contributed by atoms with Gasteiger partial charge in [0.15, 0.2) is 0 Å². The molecule has 1 N–H and O–H groups in total. The van der Waals surface area contributed by atoms with Crippen LogP contribution in [0.3, 0.4) is 0 Å². The lowest BCUT2D eigenvalue weighted by atomic mass is 10.1. The zero-order chi connectivity index (χ0) is 24.6. The Morgan fingerprint density at radius 2 is 1.94 bits per heavy atom. The van der Waals surface area contributed by atoms with E-state index in [4.69, 9.17) is 9.84 Å². The molecule has 1 fully saturated rings. The Bertz CT molecular complexity index is 922. The highest BCUT2D eigenvalue weighted by Gasteiger charge is 2.43. The number of benzene rings is 2. The van der Waals surface area contributed by atoms with Crippen LogP contribution in [-0.4, -0.2) is 54.8 Å². The summed E-state index contributed by atoms with van der Waals surface area (Å²) in [6.45, 7) is 5.88. The molecule has 2 aromatic carbocycles. The van der Waals surface area contributed by atoms with Gasteiger partial charge in [0, 0.05) is 25.4 Å². The number of para-hydroxylation sites is 1. The van der Waals surface area contributed by atoms with Crippen molar-refractivity contribution < 1.29 is 14.6 Å².